The molecular weight excluding hydrogens is 128 g/mol. The van der Waals surface area contributed by atoms with Crippen LogP contribution < -0.4 is 0 Å². The maximum absolute atomic E-state index is 10.2. The zero-order valence-corrected chi connectivity index (χ0v) is 6.02. The third kappa shape index (κ3) is 6.93. The van der Waals surface area contributed by atoms with Crippen LogP contribution in [0.15, 0.2) is 12.7 Å². The highest BCUT2D eigenvalue weighted by atomic mass is 16.5. The van der Waals surface area contributed by atoms with E-state index in [9.17, 15) is 4.79 Å². The molecule has 54 valence electrons. The Morgan fingerprint density at radius 3 is 3.00 bits per heavy atom. The highest BCUT2D eigenvalue weighted by Gasteiger charge is 1.78. The number of rotatable bonds is 3. The molecule has 0 aliphatic carbocycles. The maximum atomic E-state index is 10.2. The highest BCUT2D eigenvalue weighted by Crippen LogP contribution is 1.72. The molecule has 10 heavy (non-hydrogen) atoms. The average molecular weight is 138 g/mol. The van der Waals surface area contributed by atoms with Crippen molar-refractivity contribution in [3.8, 4) is 11.8 Å². The summed E-state index contributed by atoms with van der Waals surface area (Å²) in [6.07, 6.45) is 1.63. The number of carbonyl (C=O) groups is 1. The summed E-state index contributed by atoms with van der Waals surface area (Å²) >= 11 is 0. The lowest BCUT2D eigenvalue weighted by Crippen LogP contribution is -1.91. The van der Waals surface area contributed by atoms with Crippen molar-refractivity contribution in [3.05, 3.63) is 12.7 Å². The minimum atomic E-state index is -0.137. The summed E-state index contributed by atoms with van der Waals surface area (Å²) < 4.78 is 4.89. The lowest BCUT2D eigenvalue weighted by molar-refractivity contribution is -0.111. The first-order valence-electron chi connectivity index (χ1n) is 2.95. The molecule has 0 amide bonds. The molecule has 0 spiro atoms. The Balaban J connectivity index is 3.28. The molecule has 0 aliphatic heterocycles. The first kappa shape index (κ1) is 8.93. The van der Waals surface area contributed by atoms with Crippen LogP contribution in [0.5, 0.6) is 0 Å². The predicted molar refractivity (Wildman–Crippen MR) is 39.5 cm³/mol. The summed E-state index contributed by atoms with van der Waals surface area (Å²) in [5.74, 6) is 4.77. The molecule has 0 aromatic heterocycles. The first-order chi connectivity index (χ1) is 4.77. The van der Waals surface area contributed by atoms with Gasteiger partial charge in [-0.25, -0.2) is 0 Å². The van der Waals surface area contributed by atoms with Gasteiger partial charge in [0, 0.05) is 6.92 Å². The van der Waals surface area contributed by atoms with Crippen molar-refractivity contribution in [3.63, 3.8) is 0 Å². The summed E-state index contributed by atoms with van der Waals surface area (Å²) in [5, 5.41) is 0. The van der Waals surface area contributed by atoms with E-state index >= 15 is 0 Å². The lowest BCUT2D eigenvalue weighted by atomic mass is 10.4. The molecule has 0 heterocycles. The van der Waals surface area contributed by atoms with Crippen molar-refractivity contribution in [2.75, 3.05) is 13.2 Å². The number of ketones is 1. The van der Waals surface area contributed by atoms with Gasteiger partial charge >= 0.3 is 0 Å². The molecule has 0 rings (SSSR count). The van der Waals surface area contributed by atoms with Gasteiger partial charge in [-0.1, -0.05) is 12.0 Å². The van der Waals surface area contributed by atoms with Crippen LogP contribution in [0.4, 0.5) is 0 Å². The standard InChI is InChI=1S/C8H10O2/c1-3-6-10-7-4-5-8(2)9/h3H,1,6-7H2,2H3. The highest BCUT2D eigenvalue weighted by molar-refractivity contribution is 5.93. The van der Waals surface area contributed by atoms with E-state index in [0.29, 0.717) is 13.2 Å². The van der Waals surface area contributed by atoms with E-state index in [2.05, 4.69) is 18.4 Å². The second-order valence-corrected chi connectivity index (χ2v) is 1.66. The smallest absolute Gasteiger partial charge is 0.202 e. The topological polar surface area (TPSA) is 26.3 Å². The zero-order valence-electron chi connectivity index (χ0n) is 6.02. The average Bonchev–Trinajstić information content (AvgIpc) is 1.87. The van der Waals surface area contributed by atoms with Crippen LogP contribution in [-0.2, 0) is 9.53 Å². The fourth-order valence-corrected chi connectivity index (χ4v) is 0.354. The molecule has 0 aromatic rings. The van der Waals surface area contributed by atoms with Gasteiger partial charge in [0.05, 0.1) is 6.61 Å². The molecule has 2 nitrogen and oxygen atoms in total. The van der Waals surface area contributed by atoms with Gasteiger partial charge in [-0.3, -0.25) is 4.79 Å². The second kappa shape index (κ2) is 6.06. The van der Waals surface area contributed by atoms with Gasteiger partial charge in [-0.2, -0.15) is 0 Å². The van der Waals surface area contributed by atoms with Gasteiger partial charge < -0.3 is 4.74 Å². The van der Waals surface area contributed by atoms with Crippen LogP contribution in [0.3, 0.4) is 0 Å². The van der Waals surface area contributed by atoms with Crippen molar-refractivity contribution >= 4 is 5.78 Å². The number of hydrogen-bond acceptors (Lipinski definition) is 2. The minimum Gasteiger partial charge on any atom is -0.365 e. The maximum Gasteiger partial charge on any atom is 0.202 e. The molecule has 0 atom stereocenters. The first-order valence-corrected chi connectivity index (χ1v) is 2.95. The van der Waals surface area contributed by atoms with Crippen LogP contribution in [0.25, 0.3) is 0 Å². The minimum absolute atomic E-state index is 0.137. The van der Waals surface area contributed by atoms with Gasteiger partial charge in [0.2, 0.25) is 5.78 Å². The molecule has 0 bridgehead atoms. The van der Waals surface area contributed by atoms with E-state index in [1.807, 2.05) is 0 Å². The van der Waals surface area contributed by atoms with Crippen molar-refractivity contribution < 1.29 is 9.53 Å². The third-order valence-electron chi connectivity index (χ3n) is 0.674. The van der Waals surface area contributed by atoms with E-state index in [1.165, 1.54) is 6.92 Å². The van der Waals surface area contributed by atoms with Gasteiger partial charge in [-0.05, 0) is 5.92 Å². The van der Waals surface area contributed by atoms with Gasteiger partial charge in [-0.15, -0.1) is 6.58 Å². The Labute approximate surface area is 60.9 Å². The monoisotopic (exact) mass is 138 g/mol. The molecule has 0 saturated carbocycles. The van der Waals surface area contributed by atoms with E-state index in [1.54, 1.807) is 6.08 Å². The van der Waals surface area contributed by atoms with Gasteiger partial charge in [0.1, 0.15) is 6.61 Å². The Bertz CT molecular complexity index is 171. The van der Waals surface area contributed by atoms with Gasteiger partial charge in [0.25, 0.3) is 0 Å². The Hall–Kier alpha value is -1.07. The lowest BCUT2D eigenvalue weighted by Gasteiger charge is -1.88. The summed E-state index contributed by atoms with van der Waals surface area (Å²) in [6.45, 7) is 5.65. The molecule has 0 radical (unpaired) electrons. The van der Waals surface area contributed by atoms with E-state index in [-0.39, 0.29) is 5.78 Å². The van der Waals surface area contributed by atoms with Crippen molar-refractivity contribution in [1.82, 2.24) is 0 Å². The fraction of sp³-hybridized carbons (Fsp3) is 0.375. The molecule has 0 fully saturated rings. The van der Waals surface area contributed by atoms with Crippen LogP contribution >= 0.6 is 0 Å². The summed E-state index contributed by atoms with van der Waals surface area (Å²) in [5.41, 5.74) is 0. The van der Waals surface area contributed by atoms with Gasteiger partial charge in [0.15, 0.2) is 0 Å². The molecule has 0 aliphatic rings. The SMILES string of the molecule is C=CCOCC#CC(C)=O. The number of ether oxygens (including phenoxy) is 1. The Morgan fingerprint density at radius 2 is 2.50 bits per heavy atom. The summed E-state index contributed by atoms with van der Waals surface area (Å²) in [7, 11) is 0. The van der Waals surface area contributed by atoms with E-state index in [0.717, 1.165) is 0 Å². The Kier molecular flexibility index (Phi) is 5.41. The normalized spacial score (nSPS) is 7.70. The molecule has 0 unspecified atom stereocenters. The zero-order chi connectivity index (χ0) is 7.82. The molecule has 0 aromatic carbocycles. The third-order valence-corrected chi connectivity index (χ3v) is 0.674. The molecular formula is C8H10O2. The predicted octanol–water partition coefficient (Wildman–Crippen LogP) is 0.781. The number of hydrogen-bond donors (Lipinski definition) is 0. The summed E-state index contributed by atoms with van der Waals surface area (Å²) in [4.78, 5) is 10.2. The fourth-order valence-electron chi connectivity index (χ4n) is 0.354. The van der Waals surface area contributed by atoms with Crippen LogP contribution in [-0.4, -0.2) is 19.0 Å². The van der Waals surface area contributed by atoms with E-state index in [4.69, 9.17) is 4.74 Å². The van der Waals surface area contributed by atoms with Crippen molar-refractivity contribution in [2.24, 2.45) is 0 Å². The number of carbonyl (C=O) groups excluding carboxylic acids is 1. The quantitative estimate of drug-likeness (QED) is 0.249. The molecule has 0 saturated heterocycles. The van der Waals surface area contributed by atoms with Crippen molar-refractivity contribution in [2.45, 2.75) is 6.92 Å². The van der Waals surface area contributed by atoms with Crippen LogP contribution in [0, 0.1) is 11.8 Å². The van der Waals surface area contributed by atoms with Crippen LogP contribution in [0.1, 0.15) is 6.92 Å². The Morgan fingerprint density at radius 1 is 1.80 bits per heavy atom. The number of Topliss-reactive ketones (excluding diaryl/α,β-unsaturated/α-hetero) is 1. The summed E-state index contributed by atoms with van der Waals surface area (Å²) in [6, 6.07) is 0. The van der Waals surface area contributed by atoms with Crippen LogP contribution in [0.2, 0.25) is 0 Å². The van der Waals surface area contributed by atoms with E-state index < -0.39 is 0 Å². The second-order valence-electron chi connectivity index (χ2n) is 1.66. The van der Waals surface area contributed by atoms with Crippen molar-refractivity contribution in [1.29, 1.82) is 0 Å². The molecule has 0 N–H and O–H groups in total. The molecule has 2 heteroatoms. The largest absolute Gasteiger partial charge is 0.365 e.